The molecule has 5 nitrogen and oxygen atoms in total. The van der Waals surface area contributed by atoms with E-state index in [0.717, 1.165) is 24.5 Å². The maximum absolute atomic E-state index is 5.66. The minimum absolute atomic E-state index is 0.611. The molecule has 0 aliphatic carbocycles. The van der Waals surface area contributed by atoms with Gasteiger partial charge in [-0.25, -0.2) is 0 Å². The van der Waals surface area contributed by atoms with Gasteiger partial charge in [0.2, 0.25) is 0 Å². The molecule has 96 valence electrons. The first-order valence-electron chi connectivity index (χ1n) is 5.83. The molecule has 0 radical (unpaired) electrons. The van der Waals surface area contributed by atoms with Crippen molar-refractivity contribution < 1.29 is 9.47 Å². The highest BCUT2D eigenvalue weighted by Gasteiger charge is 2.02. The molecule has 18 heavy (non-hydrogen) atoms. The van der Waals surface area contributed by atoms with Crippen LogP contribution >= 0.6 is 0 Å². The van der Waals surface area contributed by atoms with E-state index in [4.69, 9.17) is 15.2 Å². The van der Waals surface area contributed by atoms with E-state index in [1.54, 1.807) is 18.0 Å². The lowest BCUT2D eigenvalue weighted by molar-refractivity contribution is 0.280. The third-order valence-corrected chi connectivity index (χ3v) is 2.51. The van der Waals surface area contributed by atoms with E-state index < -0.39 is 0 Å². The Morgan fingerprint density at radius 2 is 2.06 bits per heavy atom. The largest absolute Gasteiger partial charge is 0.493 e. The highest BCUT2D eigenvalue weighted by molar-refractivity contribution is 5.39. The van der Waals surface area contributed by atoms with Gasteiger partial charge in [-0.2, -0.15) is 5.10 Å². The van der Waals surface area contributed by atoms with Crippen LogP contribution in [0.1, 0.15) is 6.42 Å². The van der Waals surface area contributed by atoms with Gasteiger partial charge in [0.1, 0.15) is 0 Å². The van der Waals surface area contributed by atoms with Gasteiger partial charge in [0.05, 0.1) is 25.6 Å². The second-order valence-electron chi connectivity index (χ2n) is 3.89. The molecule has 0 aliphatic heterocycles. The molecule has 0 saturated heterocycles. The van der Waals surface area contributed by atoms with Crippen molar-refractivity contribution in [3.05, 3.63) is 36.7 Å². The highest BCUT2D eigenvalue weighted by atomic mass is 16.5. The number of rotatable bonds is 6. The monoisotopic (exact) mass is 247 g/mol. The number of nitrogen functional groups attached to an aromatic ring is 1. The third kappa shape index (κ3) is 3.16. The molecule has 1 aromatic carbocycles. The fraction of sp³-hybridized carbons (Fsp3) is 0.308. The van der Waals surface area contributed by atoms with Crippen LogP contribution in [0.15, 0.2) is 36.7 Å². The van der Waals surface area contributed by atoms with Crippen molar-refractivity contribution in [1.82, 2.24) is 9.78 Å². The van der Waals surface area contributed by atoms with Crippen molar-refractivity contribution in [3.63, 3.8) is 0 Å². The molecular formula is C13H17N3O2. The molecule has 2 aromatic rings. The van der Waals surface area contributed by atoms with Gasteiger partial charge in [-0.1, -0.05) is 12.1 Å². The lowest BCUT2D eigenvalue weighted by Gasteiger charge is -2.10. The smallest absolute Gasteiger partial charge is 0.161 e. The Morgan fingerprint density at radius 3 is 2.72 bits per heavy atom. The number of aromatic nitrogens is 2. The first-order valence-corrected chi connectivity index (χ1v) is 5.83. The quantitative estimate of drug-likeness (QED) is 0.792. The third-order valence-electron chi connectivity index (χ3n) is 2.51. The summed E-state index contributed by atoms with van der Waals surface area (Å²) in [6.07, 6.45) is 4.31. The lowest BCUT2D eigenvalue weighted by atomic mass is 10.3. The molecule has 2 N–H and O–H groups in total. The molecule has 0 bridgehead atoms. The standard InChI is InChI=1S/C13H17N3O2/c1-17-12-5-2-3-6-13(12)18-8-4-7-16-10-11(14)9-15-16/h2-3,5-6,9-10H,4,7-8,14H2,1H3. The fourth-order valence-electron chi connectivity index (χ4n) is 1.65. The van der Waals surface area contributed by atoms with Crippen molar-refractivity contribution in [3.8, 4) is 11.5 Å². The zero-order valence-electron chi connectivity index (χ0n) is 10.4. The maximum Gasteiger partial charge on any atom is 0.161 e. The van der Waals surface area contributed by atoms with Crippen molar-refractivity contribution in [1.29, 1.82) is 0 Å². The second-order valence-corrected chi connectivity index (χ2v) is 3.89. The van der Waals surface area contributed by atoms with Crippen LogP contribution in [0.25, 0.3) is 0 Å². The van der Waals surface area contributed by atoms with E-state index in [2.05, 4.69) is 5.10 Å². The molecule has 0 unspecified atom stereocenters. The Morgan fingerprint density at radius 1 is 1.28 bits per heavy atom. The Kier molecular flexibility index (Phi) is 4.06. The van der Waals surface area contributed by atoms with Gasteiger partial charge in [0.15, 0.2) is 11.5 Å². The van der Waals surface area contributed by atoms with Gasteiger partial charge in [0.25, 0.3) is 0 Å². The van der Waals surface area contributed by atoms with Crippen LogP contribution in [0.5, 0.6) is 11.5 Å². The van der Waals surface area contributed by atoms with Crippen molar-refractivity contribution in [2.24, 2.45) is 0 Å². The highest BCUT2D eigenvalue weighted by Crippen LogP contribution is 2.25. The van der Waals surface area contributed by atoms with Crippen molar-refractivity contribution in [2.45, 2.75) is 13.0 Å². The van der Waals surface area contributed by atoms with E-state index in [1.807, 2.05) is 30.5 Å². The number of ether oxygens (including phenoxy) is 2. The topological polar surface area (TPSA) is 62.3 Å². The van der Waals surface area contributed by atoms with E-state index >= 15 is 0 Å². The summed E-state index contributed by atoms with van der Waals surface area (Å²) in [7, 11) is 1.63. The average Bonchev–Trinajstić information content (AvgIpc) is 2.81. The average molecular weight is 247 g/mol. The van der Waals surface area contributed by atoms with Crippen LogP contribution in [0.2, 0.25) is 0 Å². The van der Waals surface area contributed by atoms with Crippen LogP contribution in [0.3, 0.4) is 0 Å². The Balaban J connectivity index is 1.78. The zero-order chi connectivity index (χ0) is 12.8. The Hall–Kier alpha value is -2.17. The minimum Gasteiger partial charge on any atom is -0.493 e. The molecule has 0 atom stereocenters. The molecule has 0 amide bonds. The summed E-state index contributed by atoms with van der Waals surface area (Å²) < 4.78 is 12.7. The lowest BCUT2D eigenvalue weighted by Crippen LogP contribution is -2.05. The first-order chi connectivity index (χ1) is 8.79. The molecule has 1 heterocycles. The summed E-state index contributed by atoms with van der Waals surface area (Å²) in [5.41, 5.74) is 6.26. The van der Waals surface area contributed by atoms with Gasteiger partial charge in [-0.3, -0.25) is 4.68 Å². The predicted octanol–water partition coefficient (Wildman–Crippen LogP) is 1.94. The van der Waals surface area contributed by atoms with Crippen molar-refractivity contribution in [2.75, 3.05) is 19.5 Å². The summed E-state index contributed by atoms with van der Waals surface area (Å²) in [5.74, 6) is 1.51. The van der Waals surface area contributed by atoms with Gasteiger partial charge in [0, 0.05) is 19.2 Å². The molecule has 2 rings (SSSR count). The normalized spacial score (nSPS) is 10.3. The Bertz CT molecular complexity index is 496. The van der Waals surface area contributed by atoms with E-state index in [-0.39, 0.29) is 0 Å². The summed E-state index contributed by atoms with van der Waals surface area (Å²) >= 11 is 0. The van der Waals surface area contributed by atoms with Gasteiger partial charge in [-0.05, 0) is 12.1 Å². The molecule has 0 saturated carbocycles. The SMILES string of the molecule is COc1ccccc1OCCCn1cc(N)cn1. The van der Waals surface area contributed by atoms with Gasteiger partial charge >= 0.3 is 0 Å². The second kappa shape index (κ2) is 5.95. The predicted molar refractivity (Wildman–Crippen MR) is 69.7 cm³/mol. The zero-order valence-corrected chi connectivity index (χ0v) is 10.4. The number of hydrogen-bond donors (Lipinski definition) is 1. The number of aryl methyl sites for hydroxylation is 1. The molecule has 1 aromatic heterocycles. The van der Waals surface area contributed by atoms with Crippen LogP contribution in [-0.4, -0.2) is 23.5 Å². The van der Waals surface area contributed by atoms with Gasteiger partial charge < -0.3 is 15.2 Å². The number of methoxy groups -OCH3 is 1. The van der Waals surface area contributed by atoms with Crippen molar-refractivity contribution >= 4 is 5.69 Å². The number of para-hydroxylation sites is 2. The van der Waals surface area contributed by atoms with Crippen LogP contribution in [-0.2, 0) is 6.54 Å². The number of nitrogens with zero attached hydrogens (tertiary/aromatic N) is 2. The Labute approximate surface area is 106 Å². The van der Waals surface area contributed by atoms with Gasteiger partial charge in [-0.15, -0.1) is 0 Å². The fourth-order valence-corrected chi connectivity index (χ4v) is 1.65. The summed E-state index contributed by atoms with van der Waals surface area (Å²) in [6.45, 7) is 1.40. The number of benzene rings is 1. The molecule has 0 spiro atoms. The summed E-state index contributed by atoms with van der Waals surface area (Å²) in [6, 6.07) is 7.61. The summed E-state index contributed by atoms with van der Waals surface area (Å²) in [4.78, 5) is 0. The minimum atomic E-state index is 0.611. The van der Waals surface area contributed by atoms with Crippen LogP contribution in [0.4, 0.5) is 5.69 Å². The molecule has 0 fully saturated rings. The molecule has 0 aliphatic rings. The van der Waals surface area contributed by atoms with Crippen LogP contribution in [0, 0.1) is 0 Å². The maximum atomic E-state index is 5.66. The number of nitrogens with two attached hydrogens (primary N) is 1. The van der Waals surface area contributed by atoms with Crippen LogP contribution < -0.4 is 15.2 Å². The van der Waals surface area contributed by atoms with E-state index in [9.17, 15) is 0 Å². The molecular weight excluding hydrogens is 230 g/mol. The first kappa shape index (κ1) is 12.3. The number of anilines is 1. The summed E-state index contributed by atoms with van der Waals surface area (Å²) in [5, 5.41) is 4.11. The van der Waals surface area contributed by atoms with E-state index in [0.29, 0.717) is 12.3 Å². The van der Waals surface area contributed by atoms with E-state index in [1.165, 1.54) is 0 Å². The number of hydrogen-bond acceptors (Lipinski definition) is 4. The molecule has 5 heteroatoms.